The minimum absolute atomic E-state index is 0.0827. The van der Waals surface area contributed by atoms with Crippen molar-refractivity contribution >= 4 is 46.3 Å². The van der Waals surface area contributed by atoms with Crippen LogP contribution in [0.15, 0.2) is 11.6 Å². The zero-order valence-corrected chi connectivity index (χ0v) is 19.4. The van der Waals surface area contributed by atoms with Crippen LogP contribution in [0.3, 0.4) is 0 Å². The quantitative estimate of drug-likeness (QED) is 0.260. The first-order chi connectivity index (χ1) is 14.0. The summed E-state index contributed by atoms with van der Waals surface area (Å²) in [5.41, 5.74) is -2.92. The van der Waals surface area contributed by atoms with Crippen LogP contribution in [-0.4, -0.2) is 45.4 Å². The average molecular weight is 528 g/mol. The second kappa shape index (κ2) is 5.86. The number of allylic oxidation sites excluding steroid dienone is 1. The van der Waals surface area contributed by atoms with E-state index in [1.165, 1.54) is 6.92 Å². The number of hydrogen-bond acceptors (Lipinski definition) is 6. The van der Waals surface area contributed by atoms with Gasteiger partial charge in [-0.05, 0) is 45.1 Å². The van der Waals surface area contributed by atoms with Gasteiger partial charge in [0.25, 0.3) is 0 Å². The van der Waals surface area contributed by atoms with Crippen molar-refractivity contribution in [2.24, 2.45) is 33.5 Å². The highest BCUT2D eigenvalue weighted by molar-refractivity contribution is 14.1. The van der Waals surface area contributed by atoms with E-state index in [1.54, 1.807) is 13.8 Å². The fraction of sp³-hybridized carbons (Fsp3) is 0.727. The number of alkyl halides is 1. The number of halogens is 1. The molecule has 0 radical (unpaired) electrons. The van der Waals surface area contributed by atoms with Crippen LogP contribution >= 0.6 is 22.6 Å². The molecule has 5 aliphatic rings. The molecule has 1 N–H and O–H groups in total. The lowest BCUT2D eigenvalue weighted by Gasteiger charge is -2.49. The number of carboxylic acid groups (broad SMARTS) is 1. The van der Waals surface area contributed by atoms with Crippen LogP contribution in [0, 0.1) is 33.5 Å². The monoisotopic (exact) mass is 528 g/mol. The number of carbonyl (C=O) groups excluding carboxylic acids is 3. The van der Waals surface area contributed by atoms with Gasteiger partial charge in [-0.3, -0.25) is 19.2 Å². The molecule has 1 saturated heterocycles. The Hall–Kier alpha value is -1.45. The molecule has 8 atom stereocenters. The van der Waals surface area contributed by atoms with Gasteiger partial charge in [0.1, 0.15) is 11.2 Å². The lowest BCUT2D eigenvalue weighted by Crippen LogP contribution is -2.56. The van der Waals surface area contributed by atoms with E-state index in [2.05, 4.69) is 22.6 Å². The standard InChI is InChI=1S/C22H25IO7/c1-10(24)29-16-13-6-11-12-4-5-21(9-23)8-22(12,7-14(21)25)20(3,17(26)27)15(11)19(16,2)18(28)30-13/h6,12-13,15-16H,4-5,7-9H2,1-3H3,(H,26,27). The first-order valence-corrected chi connectivity index (χ1v) is 11.9. The third-order valence-electron chi connectivity index (χ3n) is 9.17. The van der Waals surface area contributed by atoms with Gasteiger partial charge in [0.15, 0.2) is 12.2 Å². The zero-order chi connectivity index (χ0) is 21.9. The Labute approximate surface area is 188 Å². The number of Topliss-reactive ketones (excluding diaryl/α,β-unsaturated/α-hetero) is 1. The van der Waals surface area contributed by atoms with E-state index < -0.39 is 57.7 Å². The Kier molecular flexibility index (Phi) is 4.00. The van der Waals surface area contributed by atoms with Crippen LogP contribution in [-0.2, 0) is 28.7 Å². The van der Waals surface area contributed by atoms with Crippen molar-refractivity contribution in [2.45, 2.75) is 58.7 Å². The highest BCUT2D eigenvalue weighted by Gasteiger charge is 2.81. The predicted octanol–water partition coefficient (Wildman–Crippen LogP) is 2.69. The van der Waals surface area contributed by atoms with E-state index >= 15 is 0 Å². The summed E-state index contributed by atoms with van der Waals surface area (Å²) in [6.07, 6.45) is 2.50. The fourth-order valence-electron chi connectivity index (χ4n) is 7.86. The molecule has 0 aromatic carbocycles. The predicted molar refractivity (Wildman–Crippen MR) is 112 cm³/mol. The molecule has 3 saturated carbocycles. The molecule has 8 unspecified atom stereocenters. The Morgan fingerprint density at radius 2 is 2.03 bits per heavy atom. The molecular formula is C22H25IO7. The number of esters is 2. The molecular weight excluding hydrogens is 503 g/mol. The van der Waals surface area contributed by atoms with Crippen molar-refractivity contribution in [1.29, 1.82) is 0 Å². The lowest BCUT2D eigenvalue weighted by atomic mass is 9.52. The van der Waals surface area contributed by atoms with E-state index in [0.29, 0.717) is 10.8 Å². The van der Waals surface area contributed by atoms with Crippen molar-refractivity contribution in [1.82, 2.24) is 0 Å². The molecule has 162 valence electrons. The second-order valence-corrected chi connectivity index (χ2v) is 11.0. The zero-order valence-electron chi connectivity index (χ0n) is 17.2. The lowest BCUT2D eigenvalue weighted by molar-refractivity contribution is -0.173. The Bertz CT molecular complexity index is 942. The number of carbonyl (C=O) groups is 4. The average Bonchev–Trinajstić information content (AvgIpc) is 3.10. The third-order valence-corrected chi connectivity index (χ3v) is 10.6. The van der Waals surface area contributed by atoms with Crippen LogP contribution in [0.2, 0.25) is 0 Å². The van der Waals surface area contributed by atoms with E-state index in [4.69, 9.17) is 9.47 Å². The largest absolute Gasteiger partial charge is 0.481 e. The van der Waals surface area contributed by atoms with Gasteiger partial charge in [-0.2, -0.15) is 0 Å². The molecule has 0 aromatic rings. The molecule has 4 fully saturated rings. The molecule has 1 aliphatic heterocycles. The van der Waals surface area contributed by atoms with Crippen LogP contribution in [0.1, 0.15) is 46.5 Å². The maximum atomic E-state index is 13.2. The van der Waals surface area contributed by atoms with E-state index in [-0.39, 0.29) is 18.1 Å². The molecule has 0 amide bonds. The second-order valence-electron chi connectivity index (χ2n) is 10.2. The highest BCUT2D eigenvalue weighted by atomic mass is 127. The number of fused-ring (bicyclic) bond motifs is 6. The van der Waals surface area contributed by atoms with Gasteiger partial charge >= 0.3 is 17.9 Å². The number of ketones is 1. The van der Waals surface area contributed by atoms with E-state index in [1.807, 2.05) is 6.08 Å². The highest BCUT2D eigenvalue weighted by Crippen LogP contribution is 2.78. The molecule has 0 aromatic heterocycles. The normalized spacial score (nSPS) is 50.5. The van der Waals surface area contributed by atoms with Crippen molar-refractivity contribution in [2.75, 3.05) is 4.43 Å². The summed E-state index contributed by atoms with van der Waals surface area (Å²) in [5.74, 6) is -2.67. The fourth-order valence-corrected chi connectivity index (χ4v) is 8.94. The Morgan fingerprint density at radius 1 is 1.33 bits per heavy atom. The topological polar surface area (TPSA) is 107 Å². The number of ether oxygens (including phenoxy) is 2. The first kappa shape index (κ1) is 20.5. The maximum absolute atomic E-state index is 13.2. The number of rotatable bonds is 3. The number of aliphatic carboxylic acids is 1. The van der Waals surface area contributed by atoms with E-state index in [0.717, 1.165) is 18.4 Å². The van der Waals surface area contributed by atoms with Crippen LogP contribution in [0.4, 0.5) is 0 Å². The van der Waals surface area contributed by atoms with Gasteiger partial charge in [0.2, 0.25) is 0 Å². The van der Waals surface area contributed by atoms with Gasteiger partial charge in [-0.1, -0.05) is 28.2 Å². The summed E-state index contributed by atoms with van der Waals surface area (Å²) in [7, 11) is 0. The molecule has 7 nitrogen and oxygen atoms in total. The summed E-state index contributed by atoms with van der Waals surface area (Å²) in [4.78, 5) is 51.1. The molecule has 5 rings (SSSR count). The van der Waals surface area contributed by atoms with Gasteiger partial charge in [0, 0.05) is 34.5 Å². The van der Waals surface area contributed by atoms with Crippen molar-refractivity contribution in [3.63, 3.8) is 0 Å². The first-order valence-electron chi connectivity index (χ1n) is 10.4. The van der Waals surface area contributed by atoms with Crippen molar-refractivity contribution < 1.29 is 33.8 Å². The molecule has 8 heteroatoms. The van der Waals surface area contributed by atoms with Gasteiger partial charge in [-0.25, -0.2) is 0 Å². The van der Waals surface area contributed by atoms with Gasteiger partial charge in [0.05, 0.1) is 5.41 Å². The van der Waals surface area contributed by atoms with E-state index in [9.17, 15) is 24.3 Å². The molecule has 4 bridgehead atoms. The van der Waals surface area contributed by atoms with Crippen molar-refractivity contribution in [3.8, 4) is 0 Å². The molecule has 4 aliphatic carbocycles. The maximum Gasteiger partial charge on any atom is 0.317 e. The molecule has 1 spiro atoms. The van der Waals surface area contributed by atoms with Crippen LogP contribution < -0.4 is 0 Å². The number of hydrogen-bond donors (Lipinski definition) is 1. The third kappa shape index (κ3) is 1.98. The minimum atomic E-state index is -1.34. The minimum Gasteiger partial charge on any atom is -0.481 e. The number of carboxylic acids is 1. The summed E-state index contributed by atoms with van der Waals surface area (Å²) >= 11 is 2.25. The molecule has 1 heterocycles. The van der Waals surface area contributed by atoms with Crippen LogP contribution in [0.5, 0.6) is 0 Å². The Morgan fingerprint density at radius 3 is 2.63 bits per heavy atom. The SMILES string of the molecule is CC(=O)OC1C2C=C3C4CCC5(CI)CC4(CC5=O)C(C)(C(=O)O)C3C1(C)C(=O)O2. The van der Waals surface area contributed by atoms with Crippen LogP contribution in [0.25, 0.3) is 0 Å². The van der Waals surface area contributed by atoms with Gasteiger partial charge in [-0.15, -0.1) is 0 Å². The Balaban J connectivity index is 1.75. The summed E-state index contributed by atoms with van der Waals surface area (Å²) < 4.78 is 11.8. The van der Waals surface area contributed by atoms with Gasteiger partial charge < -0.3 is 14.6 Å². The summed E-state index contributed by atoms with van der Waals surface area (Å²) in [6.45, 7) is 4.66. The summed E-state index contributed by atoms with van der Waals surface area (Å²) in [6, 6.07) is 0. The summed E-state index contributed by atoms with van der Waals surface area (Å²) in [5, 5.41) is 10.6. The molecule has 30 heavy (non-hydrogen) atoms. The van der Waals surface area contributed by atoms with Crippen molar-refractivity contribution in [3.05, 3.63) is 11.6 Å². The smallest absolute Gasteiger partial charge is 0.317 e.